The summed E-state index contributed by atoms with van der Waals surface area (Å²) in [7, 11) is 0. The van der Waals surface area contributed by atoms with Crippen LogP contribution in [0.2, 0.25) is 0 Å². The fraction of sp³-hybridized carbons (Fsp3) is 0.316. The van der Waals surface area contributed by atoms with Gasteiger partial charge >= 0.3 is 0 Å². The van der Waals surface area contributed by atoms with Gasteiger partial charge in [-0.25, -0.2) is 4.39 Å². The van der Waals surface area contributed by atoms with Gasteiger partial charge in [0.2, 0.25) is 0 Å². The van der Waals surface area contributed by atoms with Crippen LogP contribution in [0.1, 0.15) is 22.8 Å². The number of hydrogen-bond acceptors (Lipinski definition) is 2. The highest BCUT2D eigenvalue weighted by Crippen LogP contribution is 2.27. The van der Waals surface area contributed by atoms with E-state index in [0.717, 1.165) is 19.6 Å². The molecule has 0 radical (unpaired) electrons. The third-order valence-electron chi connectivity index (χ3n) is 4.40. The fourth-order valence-electron chi connectivity index (χ4n) is 3.21. The average Bonchev–Trinajstić information content (AvgIpc) is 2.89. The smallest absolute Gasteiger partial charge is 0.167 e. The maximum absolute atomic E-state index is 13.0. The van der Waals surface area contributed by atoms with E-state index in [4.69, 9.17) is 0 Å². The normalized spacial score (nSPS) is 21.9. The Morgan fingerprint density at radius 3 is 2.45 bits per heavy atom. The Morgan fingerprint density at radius 1 is 1.09 bits per heavy atom. The highest BCUT2D eigenvalue weighted by atomic mass is 19.1. The quantitative estimate of drug-likeness (QED) is 0.801. The summed E-state index contributed by atoms with van der Waals surface area (Å²) in [6, 6.07) is 16.2. The molecule has 0 aliphatic carbocycles. The van der Waals surface area contributed by atoms with Gasteiger partial charge in [-0.2, -0.15) is 0 Å². The molecule has 0 N–H and O–H groups in total. The lowest BCUT2D eigenvalue weighted by Gasteiger charge is -2.15. The van der Waals surface area contributed by atoms with Crippen molar-refractivity contribution in [2.24, 2.45) is 11.8 Å². The second kappa shape index (κ2) is 6.41. The molecule has 2 aromatic carbocycles. The van der Waals surface area contributed by atoms with Gasteiger partial charge in [-0.15, -0.1) is 0 Å². The molecule has 3 heteroatoms. The summed E-state index contributed by atoms with van der Waals surface area (Å²) in [5.41, 5.74) is 1.88. The highest BCUT2D eigenvalue weighted by Gasteiger charge is 2.34. The van der Waals surface area contributed by atoms with Crippen LogP contribution in [-0.2, 0) is 6.54 Å². The van der Waals surface area contributed by atoms with Crippen molar-refractivity contribution >= 4 is 5.78 Å². The molecule has 22 heavy (non-hydrogen) atoms. The average molecular weight is 297 g/mol. The van der Waals surface area contributed by atoms with Crippen LogP contribution < -0.4 is 0 Å². The second-order valence-corrected chi connectivity index (χ2v) is 6.13. The van der Waals surface area contributed by atoms with E-state index in [1.54, 1.807) is 12.1 Å². The third kappa shape index (κ3) is 3.25. The molecular formula is C19H20FNO. The molecule has 114 valence electrons. The molecule has 3 rings (SSSR count). The number of rotatable bonds is 4. The molecule has 1 heterocycles. The van der Waals surface area contributed by atoms with E-state index in [1.165, 1.54) is 17.7 Å². The number of hydrogen-bond donors (Lipinski definition) is 0. The lowest BCUT2D eigenvalue weighted by molar-refractivity contribution is 0.0902. The van der Waals surface area contributed by atoms with Crippen LogP contribution in [0.3, 0.4) is 0 Å². The van der Waals surface area contributed by atoms with Crippen molar-refractivity contribution in [2.75, 3.05) is 13.1 Å². The SMILES string of the molecule is C[C@H]1CN(Cc2ccccc2)C[C@@H]1C(=O)c1ccc(F)cc1. The summed E-state index contributed by atoms with van der Waals surface area (Å²) in [5.74, 6) is 0.139. The molecule has 1 aliphatic rings. The third-order valence-corrected chi connectivity index (χ3v) is 4.40. The summed E-state index contributed by atoms with van der Waals surface area (Å²) in [6.45, 7) is 4.69. The van der Waals surface area contributed by atoms with Gasteiger partial charge in [0.05, 0.1) is 0 Å². The van der Waals surface area contributed by atoms with Crippen LogP contribution in [-0.4, -0.2) is 23.8 Å². The molecule has 0 unspecified atom stereocenters. The monoisotopic (exact) mass is 297 g/mol. The summed E-state index contributed by atoms with van der Waals surface area (Å²) in [6.07, 6.45) is 0. The first-order valence-corrected chi connectivity index (χ1v) is 7.69. The zero-order valence-corrected chi connectivity index (χ0v) is 12.7. The van der Waals surface area contributed by atoms with Crippen LogP contribution in [0.4, 0.5) is 4.39 Å². The predicted molar refractivity (Wildman–Crippen MR) is 85.1 cm³/mol. The van der Waals surface area contributed by atoms with E-state index in [9.17, 15) is 9.18 Å². The number of halogens is 1. The van der Waals surface area contributed by atoms with Crippen LogP contribution >= 0.6 is 0 Å². The van der Waals surface area contributed by atoms with E-state index < -0.39 is 0 Å². The van der Waals surface area contributed by atoms with E-state index in [-0.39, 0.29) is 17.5 Å². The van der Waals surface area contributed by atoms with Crippen molar-refractivity contribution in [3.8, 4) is 0 Å². The molecule has 0 bridgehead atoms. The first kappa shape index (κ1) is 14.9. The number of benzene rings is 2. The van der Waals surface area contributed by atoms with Crippen molar-refractivity contribution in [3.05, 3.63) is 71.5 Å². The van der Waals surface area contributed by atoms with Gasteiger partial charge in [0, 0.05) is 31.1 Å². The lowest BCUT2D eigenvalue weighted by atomic mass is 9.90. The van der Waals surface area contributed by atoms with Gasteiger partial charge in [0.25, 0.3) is 0 Å². The van der Waals surface area contributed by atoms with Gasteiger partial charge < -0.3 is 0 Å². The molecule has 0 spiro atoms. The predicted octanol–water partition coefficient (Wildman–Crippen LogP) is 3.78. The van der Waals surface area contributed by atoms with Crippen molar-refractivity contribution in [1.82, 2.24) is 4.90 Å². The summed E-state index contributed by atoms with van der Waals surface area (Å²) in [5, 5.41) is 0. The van der Waals surface area contributed by atoms with Crippen molar-refractivity contribution in [2.45, 2.75) is 13.5 Å². The molecule has 0 saturated carbocycles. The standard InChI is InChI=1S/C19H20FNO/c1-14-11-21(12-15-5-3-2-4-6-15)13-18(14)19(22)16-7-9-17(20)10-8-16/h2-10,14,18H,11-13H2,1H3/t14-,18-/m0/s1. The molecule has 0 amide bonds. The van der Waals surface area contributed by atoms with Crippen LogP contribution in [0, 0.1) is 17.7 Å². The Morgan fingerprint density at radius 2 is 1.77 bits per heavy atom. The van der Waals surface area contributed by atoms with Crippen LogP contribution in [0.5, 0.6) is 0 Å². The zero-order valence-electron chi connectivity index (χ0n) is 12.7. The molecule has 2 atom stereocenters. The van der Waals surface area contributed by atoms with E-state index in [2.05, 4.69) is 24.0 Å². The molecular weight excluding hydrogens is 277 g/mol. The van der Waals surface area contributed by atoms with Gasteiger partial charge in [0.1, 0.15) is 5.82 Å². The molecule has 1 saturated heterocycles. The van der Waals surface area contributed by atoms with Crippen LogP contribution in [0.25, 0.3) is 0 Å². The van der Waals surface area contributed by atoms with Gasteiger partial charge in [-0.05, 0) is 35.7 Å². The Hall–Kier alpha value is -2.00. The first-order valence-electron chi connectivity index (χ1n) is 7.69. The maximum atomic E-state index is 13.0. The van der Waals surface area contributed by atoms with Gasteiger partial charge in [-0.3, -0.25) is 9.69 Å². The number of nitrogens with zero attached hydrogens (tertiary/aromatic N) is 1. The minimum Gasteiger partial charge on any atom is -0.298 e. The number of carbonyl (C=O) groups excluding carboxylic acids is 1. The van der Waals surface area contributed by atoms with Crippen molar-refractivity contribution in [1.29, 1.82) is 0 Å². The first-order chi connectivity index (χ1) is 10.6. The van der Waals surface area contributed by atoms with Crippen molar-refractivity contribution in [3.63, 3.8) is 0 Å². The molecule has 1 fully saturated rings. The lowest BCUT2D eigenvalue weighted by Crippen LogP contribution is -2.23. The second-order valence-electron chi connectivity index (χ2n) is 6.13. The van der Waals surface area contributed by atoms with Gasteiger partial charge in [0.15, 0.2) is 5.78 Å². The number of carbonyl (C=O) groups is 1. The number of ketones is 1. The minimum atomic E-state index is -0.304. The minimum absolute atomic E-state index is 0.00539. The number of Topliss-reactive ketones (excluding diaryl/α,β-unsaturated/α-hetero) is 1. The Balaban J connectivity index is 1.68. The molecule has 2 nitrogen and oxygen atoms in total. The van der Waals surface area contributed by atoms with Crippen molar-refractivity contribution < 1.29 is 9.18 Å². The Labute approximate surface area is 130 Å². The van der Waals surface area contributed by atoms with E-state index >= 15 is 0 Å². The van der Waals surface area contributed by atoms with E-state index in [0.29, 0.717) is 11.5 Å². The topological polar surface area (TPSA) is 20.3 Å². The van der Waals surface area contributed by atoms with Crippen LogP contribution in [0.15, 0.2) is 54.6 Å². The zero-order chi connectivity index (χ0) is 15.5. The molecule has 2 aromatic rings. The Bertz CT molecular complexity index is 638. The fourth-order valence-corrected chi connectivity index (χ4v) is 3.21. The largest absolute Gasteiger partial charge is 0.298 e. The highest BCUT2D eigenvalue weighted by molar-refractivity contribution is 5.98. The molecule has 1 aliphatic heterocycles. The van der Waals surface area contributed by atoms with E-state index in [1.807, 2.05) is 18.2 Å². The summed E-state index contributed by atoms with van der Waals surface area (Å²) >= 11 is 0. The Kier molecular flexibility index (Phi) is 4.34. The summed E-state index contributed by atoms with van der Waals surface area (Å²) in [4.78, 5) is 14.9. The van der Waals surface area contributed by atoms with Gasteiger partial charge in [-0.1, -0.05) is 37.3 Å². The number of likely N-dealkylation sites (tertiary alicyclic amines) is 1. The molecule has 0 aromatic heterocycles. The summed E-state index contributed by atoms with van der Waals surface area (Å²) < 4.78 is 13.0. The maximum Gasteiger partial charge on any atom is 0.167 e.